The third kappa shape index (κ3) is 3.59. The molecule has 4 heterocycles. The maximum Gasteiger partial charge on any atom is 0.234 e. The summed E-state index contributed by atoms with van der Waals surface area (Å²) in [6.07, 6.45) is 3.62. The van der Waals surface area contributed by atoms with Gasteiger partial charge in [0.2, 0.25) is 5.95 Å². The molecule has 4 aromatic heterocycles. The summed E-state index contributed by atoms with van der Waals surface area (Å²) in [5.41, 5.74) is 9.23. The molecular formula is C44H27N5. The van der Waals surface area contributed by atoms with Crippen LogP contribution in [0.1, 0.15) is 0 Å². The number of rotatable bonds is 3. The molecule has 0 fully saturated rings. The van der Waals surface area contributed by atoms with Crippen LogP contribution in [0, 0.1) is 0 Å². The van der Waals surface area contributed by atoms with Gasteiger partial charge in [0.05, 0.1) is 44.5 Å². The molecule has 0 aliphatic carbocycles. The molecule has 228 valence electrons. The Labute approximate surface area is 280 Å². The van der Waals surface area contributed by atoms with Crippen LogP contribution in [0.15, 0.2) is 164 Å². The van der Waals surface area contributed by atoms with E-state index in [1.807, 2.05) is 18.5 Å². The predicted molar refractivity (Wildman–Crippen MR) is 203 cm³/mol. The average Bonchev–Trinajstić information content (AvgIpc) is 3.79. The van der Waals surface area contributed by atoms with Crippen LogP contribution in [0.4, 0.5) is 0 Å². The number of aromatic nitrogens is 5. The van der Waals surface area contributed by atoms with Crippen LogP contribution in [0.2, 0.25) is 0 Å². The van der Waals surface area contributed by atoms with E-state index in [4.69, 9.17) is 0 Å². The maximum atomic E-state index is 4.67. The highest BCUT2D eigenvalue weighted by Gasteiger charge is 2.22. The minimum absolute atomic E-state index is 0.669. The number of hydrogen-bond donors (Lipinski definition) is 0. The first-order chi connectivity index (χ1) is 24.3. The molecule has 11 rings (SSSR count). The topological polar surface area (TPSA) is 40.6 Å². The van der Waals surface area contributed by atoms with E-state index in [9.17, 15) is 0 Å². The molecule has 0 spiro atoms. The highest BCUT2D eigenvalue weighted by molar-refractivity contribution is 6.21. The van der Waals surface area contributed by atoms with Crippen LogP contribution in [0.25, 0.3) is 93.5 Å². The largest absolute Gasteiger partial charge is 0.309 e. The van der Waals surface area contributed by atoms with Gasteiger partial charge in [-0.15, -0.1) is 0 Å². The molecule has 49 heavy (non-hydrogen) atoms. The van der Waals surface area contributed by atoms with E-state index in [-0.39, 0.29) is 0 Å². The van der Waals surface area contributed by atoms with Crippen molar-refractivity contribution in [3.8, 4) is 17.3 Å². The van der Waals surface area contributed by atoms with Crippen LogP contribution in [0.5, 0.6) is 0 Å². The minimum Gasteiger partial charge on any atom is -0.309 e. The summed E-state index contributed by atoms with van der Waals surface area (Å²) in [7, 11) is 0. The predicted octanol–water partition coefficient (Wildman–Crippen LogP) is 10.9. The number of nitrogens with zero attached hydrogens (tertiary/aromatic N) is 5. The molecule has 0 radical (unpaired) electrons. The molecule has 0 N–H and O–H groups in total. The van der Waals surface area contributed by atoms with E-state index in [2.05, 4.69) is 169 Å². The fourth-order valence-corrected chi connectivity index (χ4v) is 8.16. The lowest BCUT2D eigenvalue weighted by molar-refractivity contribution is 0.989. The molecule has 0 aliphatic rings. The number of para-hydroxylation sites is 3. The smallest absolute Gasteiger partial charge is 0.234 e. The molecule has 0 saturated carbocycles. The Bertz CT molecular complexity index is 3100. The zero-order valence-corrected chi connectivity index (χ0v) is 26.3. The van der Waals surface area contributed by atoms with Crippen LogP contribution in [-0.4, -0.2) is 23.7 Å². The van der Waals surface area contributed by atoms with Gasteiger partial charge in [-0.05, 0) is 60.0 Å². The molecule has 0 saturated heterocycles. The van der Waals surface area contributed by atoms with Crippen molar-refractivity contribution in [3.05, 3.63) is 164 Å². The van der Waals surface area contributed by atoms with Gasteiger partial charge >= 0.3 is 0 Å². The molecule has 0 amide bonds. The summed E-state index contributed by atoms with van der Waals surface area (Å²) in [5, 5.41) is 9.67. The Morgan fingerprint density at radius 1 is 0.327 bits per heavy atom. The first kappa shape index (κ1) is 26.4. The van der Waals surface area contributed by atoms with E-state index in [0.29, 0.717) is 5.95 Å². The average molecular weight is 626 g/mol. The number of benzene rings is 7. The molecule has 11 aromatic rings. The standard InChI is InChI=1S/C44H27N5/c1-2-14-29-28(12-1)13-9-21-35(29)47-38-20-8-5-17-32(38)43-39(47)22-10-23-40(43)48-36-18-6-3-15-30(36)33-27-42-34(26-41(33)48)31-16-4-7-19-37(31)49(42)44-45-24-11-25-46-44/h1-27H. The molecule has 0 atom stereocenters. The van der Waals surface area contributed by atoms with E-state index >= 15 is 0 Å². The zero-order valence-electron chi connectivity index (χ0n) is 26.3. The molecule has 0 unspecified atom stereocenters. The summed E-state index contributed by atoms with van der Waals surface area (Å²) in [6.45, 7) is 0. The van der Waals surface area contributed by atoms with Gasteiger partial charge in [0.1, 0.15) is 0 Å². The highest BCUT2D eigenvalue weighted by Crippen LogP contribution is 2.43. The normalized spacial score (nSPS) is 12.1. The molecule has 5 heteroatoms. The fourth-order valence-electron chi connectivity index (χ4n) is 8.16. The second-order valence-corrected chi connectivity index (χ2v) is 12.7. The Balaban J connectivity index is 1.29. The molecular weight excluding hydrogens is 599 g/mol. The fraction of sp³-hybridized carbons (Fsp3) is 0. The van der Waals surface area contributed by atoms with E-state index < -0.39 is 0 Å². The van der Waals surface area contributed by atoms with Crippen LogP contribution >= 0.6 is 0 Å². The zero-order chi connectivity index (χ0) is 32.1. The number of fused-ring (bicyclic) bond motifs is 10. The first-order valence-corrected chi connectivity index (χ1v) is 16.6. The van der Waals surface area contributed by atoms with Gasteiger partial charge in [0, 0.05) is 50.1 Å². The Kier molecular flexibility index (Phi) is 5.32. The lowest BCUT2D eigenvalue weighted by Gasteiger charge is -2.13. The summed E-state index contributed by atoms with van der Waals surface area (Å²) < 4.78 is 7.10. The van der Waals surface area contributed by atoms with Crippen LogP contribution in [-0.2, 0) is 0 Å². The van der Waals surface area contributed by atoms with E-state index in [1.165, 1.54) is 70.8 Å². The van der Waals surface area contributed by atoms with Crippen molar-refractivity contribution < 1.29 is 0 Å². The Morgan fingerprint density at radius 3 is 1.55 bits per heavy atom. The van der Waals surface area contributed by atoms with Gasteiger partial charge in [-0.1, -0.05) is 97.1 Å². The summed E-state index contributed by atoms with van der Waals surface area (Å²) in [6, 6.07) is 54.7. The van der Waals surface area contributed by atoms with Crippen molar-refractivity contribution in [3.63, 3.8) is 0 Å². The van der Waals surface area contributed by atoms with E-state index in [0.717, 1.165) is 16.7 Å². The van der Waals surface area contributed by atoms with Gasteiger partial charge in [0.25, 0.3) is 0 Å². The van der Waals surface area contributed by atoms with Gasteiger partial charge in [-0.3, -0.25) is 4.57 Å². The molecule has 5 nitrogen and oxygen atoms in total. The van der Waals surface area contributed by atoms with Crippen molar-refractivity contribution in [2.75, 3.05) is 0 Å². The van der Waals surface area contributed by atoms with Gasteiger partial charge in [0.15, 0.2) is 0 Å². The third-order valence-electron chi connectivity index (χ3n) is 10.1. The monoisotopic (exact) mass is 625 g/mol. The van der Waals surface area contributed by atoms with Crippen molar-refractivity contribution in [1.29, 1.82) is 0 Å². The van der Waals surface area contributed by atoms with Gasteiger partial charge in [-0.25, -0.2) is 9.97 Å². The minimum atomic E-state index is 0.669. The van der Waals surface area contributed by atoms with Crippen molar-refractivity contribution in [1.82, 2.24) is 23.7 Å². The molecule has 0 aliphatic heterocycles. The van der Waals surface area contributed by atoms with Gasteiger partial charge in [-0.2, -0.15) is 0 Å². The Hall–Kier alpha value is -6.72. The lowest BCUT2D eigenvalue weighted by Crippen LogP contribution is -1.99. The van der Waals surface area contributed by atoms with E-state index in [1.54, 1.807) is 0 Å². The first-order valence-electron chi connectivity index (χ1n) is 16.6. The summed E-state index contributed by atoms with van der Waals surface area (Å²) in [4.78, 5) is 9.34. The van der Waals surface area contributed by atoms with Crippen molar-refractivity contribution in [2.45, 2.75) is 0 Å². The number of hydrogen-bond acceptors (Lipinski definition) is 2. The summed E-state index contributed by atoms with van der Waals surface area (Å²) in [5.74, 6) is 0.669. The second kappa shape index (κ2) is 9.89. The maximum absolute atomic E-state index is 4.67. The summed E-state index contributed by atoms with van der Waals surface area (Å²) >= 11 is 0. The lowest BCUT2D eigenvalue weighted by atomic mass is 10.1. The molecule has 0 bridgehead atoms. The SMILES string of the molecule is c1cnc(-n2c3ccccc3c3cc4c(cc32)c2ccccc2n4-c2cccc3c2c2ccccc2n3-c2cccc3ccccc23)nc1. The van der Waals surface area contributed by atoms with Crippen LogP contribution < -0.4 is 0 Å². The Morgan fingerprint density at radius 2 is 0.816 bits per heavy atom. The van der Waals surface area contributed by atoms with Crippen LogP contribution in [0.3, 0.4) is 0 Å². The second-order valence-electron chi connectivity index (χ2n) is 12.7. The molecule has 7 aromatic carbocycles. The quantitative estimate of drug-likeness (QED) is 0.196. The van der Waals surface area contributed by atoms with Gasteiger partial charge < -0.3 is 9.13 Å². The third-order valence-corrected chi connectivity index (χ3v) is 10.1. The van der Waals surface area contributed by atoms with Crippen molar-refractivity contribution >= 4 is 76.2 Å². The highest BCUT2D eigenvalue weighted by atomic mass is 15.1. The van der Waals surface area contributed by atoms with Crippen molar-refractivity contribution in [2.24, 2.45) is 0 Å².